The van der Waals surface area contributed by atoms with Crippen molar-refractivity contribution in [3.05, 3.63) is 63.4 Å². The number of thiazole rings is 1. The molecule has 1 N–H and O–H groups in total. The van der Waals surface area contributed by atoms with Gasteiger partial charge in [-0.1, -0.05) is 29.8 Å². The number of benzene rings is 1. The molecule has 5 heteroatoms. The summed E-state index contributed by atoms with van der Waals surface area (Å²) < 4.78 is 5.58. The van der Waals surface area contributed by atoms with Crippen LogP contribution < -0.4 is 5.32 Å². The second-order valence-corrected chi connectivity index (χ2v) is 7.57. The van der Waals surface area contributed by atoms with Crippen molar-refractivity contribution in [1.82, 2.24) is 10.3 Å². The van der Waals surface area contributed by atoms with E-state index in [1.54, 1.807) is 11.3 Å². The molecule has 0 aliphatic rings. The van der Waals surface area contributed by atoms with Gasteiger partial charge in [0.25, 0.3) is 0 Å². The van der Waals surface area contributed by atoms with E-state index in [1.807, 2.05) is 32.9 Å². The van der Waals surface area contributed by atoms with Gasteiger partial charge in [-0.05, 0) is 39.8 Å². The van der Waals surface area contributed by atoms with Gasteiger partial charge in [0.1, 0.15) is 11.5 Å². The number of nitrogens with one attached hydrogen (secondary N) is 1. The second kappa shape index (κ2) is 7.23. The zero-order chi connectivity index (χ0) is 18.0. The summed E-state index contributed by atoms with van der Waals surface area (Å²) in [4.78, 5) is 18.1. The lowest BCUT2D eigenvalue weighted by Crippen LogP contribution is -2.27. The maximum Gasteiger partial charge on any atom is 0.225 e. The van der Waals surface area contributed by atoms with E-state index in [4.69, 9.17) is 4.42 Å². The van der Waals surface area contributed by atoms with Crippen LogP contribution in [-0.4, -0.2) is 10.9 Å². The predicted octanol–water partition coefficient (Wildman–Crippen LogP) is 4.75. The number of nitrogens with zero attached hydrogens (tertiary/aromatic N) is 1. The van der Waals surface area contributed by atoms with Crippen LogP contribution in [0.15, 0.2) is 40.8 Å². The fraction of sp³-hybridized carbons (Fsp3) is 0.300. The first-order chi connectivity index (χ1) is 11.9. The van der Waals surface area contributed by atoms with Crippen LogP contribution in [-0.2, 0) is 11.2 Å². The minimum atomic E-state index is -0.155. The van der Waals surface area contributed by atoms with E-state index < -0.39 is 0 Å². The molecule has 0 radical (unpaired) electrons. The van der Waals surface area contributed by atoms with Crippen molar-refractivity contribution in [2.45, 2.75) is 40.2 Å². The lowest BCUT2D eigenvalue weighted by Gasteiger charge is -2.11. The third kappa shape index (κ3) is 4.17. The van der Waals surface area contributed by atoms with Crippen LogP contribution in [0.2, 0.25) is 0 Å². The van der Waals surface area contributed by atoms with Crippen molar-refractivity contribution in [3.63, 3.8) is 0 Å². The van der Waals surface area contributed by atoms with Crippen LogP contribution in [0.5, 0.6) is 0 Å². The van der Waals surface area contributed by atoms with Gasteiger partial charge >= 0.3 is 0 Å². The normalized spacial score (nSPS) is 12.2. The van der Waals surface area contributed by atoms with Crippen LogP contribution in [0.3, 0.4) is 0 Å². The van der Waals surface area contributed by atoms with Gasteiger partial charge in [0.05, 0.1) is 23.2 Å². The lowest BCUT2D eigenvalue weighted by molar-refractivity contribution is -0.121. The summed E-state index contributed by atoms with van der Waals surface area (Å²) in [5.41, 5.74) is 3.16. The van der Waals surface area contributed by atoms with Crippen molar-refractivity contribution in [3.8, 4) is 11.3 Å². The van der Waals surface area contributed by atoms with Gasteiger partial charge in [-0.25, -0.2) is 4.98 Å². The molecule has 0 saturated carbocycles. The van der Waals surface area contributed by atoms with Gasteiger partial charge in [0.2, 0.25) is 5.91 Å². The van der Waals surface area contributed by atoms with Crippen molar-refractivity contribution in [1.29, 1.82) is 0 Å². The summed E-state index contributed by atoms with van der Waals surface area (Å²) in [5.74, 6) is 1.58. The van der Waals surface area contributed by atoms with Gasteiger partial charge in [0, 0.05) is 10.4 Å². The standard InChI is InChI=1S/C20H22N2O2S/c1-12-5-8-16(9-6-12)20-18(25-15(4)22-20)11-19(23)21-14(3)17-10-7-13(2)24-17/h5-10,14H,11H2,1-4H3,(H,21,23). The number of aryl methyl sites for hydroxylation is 3. The van der Waals surface area contributed by atoms with Gasteiger partial charge in [-0.2, -0.15) is 0 Å². The van der Waals surface area contributed by atoms with Gasteiger partial charge < -0.3 is 9.73 Å². The van der Waals surface area contributed by atoms with Crippen LogP contribution in [0.25, 0.3) is 11.3 Å². The number of furan rings is 1. The molecule has 3 aromatic rings. The predicted molar refractivity (Wildman–Crippen MR) is 101 cm³/mol. The first-order valence-electron chi connectivity index (χ1n) is 8.31. The van der Waals surface area contributed by atoms with Crippen molar-refractivity contribution in [2.24, 2.45) is 0 Å². The highest BCUT2D eigenvalue weighted by atomic mass is 32.1. The molecule has 1 unspecified atom stereocenters. The van der Waals surface area contributed by atoms with Gasteiger partial charge in [0.15, 0.2) is 0 Å². The first-order valence-corrected chi connectivity index (χ1v) is 9.13. The van der Waals surface area contributed by atoms with E-state index >= 15 is 0 Å². The molecule has 4 nitrogen and oxygen atoms in total. The quantitative estimate of drug-likeness (QED) is 0.719. The minimum Gasteiger partial charge on any atom is -0.464 e. The zero-order valence-corrected chi connectivity index (χ0v) is 15.7. The lowest BCUT2D eigenvalue weighted by atomic mass is 10.1. The molecule has 0 aliphatic heterocycles. The summed E-state index contributed by atoms with van der Waals surface area (Å²) >= 11 is 1.57. The maximum atomic E-state index is 12.5. The Morgan fingerprint density at radius 3 is 2.52 bits per heavy atom. The maximum absolute atomic E-state index is 12.5. The third-order valence-corrected chi connectivity index (χ3v) is 4.99. The Morgan fingerprint density at radius 2 is 1.88 bits per heavy atom. The molecule has 25 heavy (non-hydrogen) atoms. The SMILES string of the molecule is Cc1ccc(-c2nc(C)sc2CC(=O)NC(C)c2ccc(C)o2)cc1. The highest BCUT2D eigenvalue weighted by Gasteiger charge is 2.17. The molecule has 1 aromatic carbocycles. The van der Waals surface area contributed by atoms with Crippen LogP contribution in [0.1, 0.15) is 39.9 Å². The molecule has 0 fully saturated rings. The number of hydrogen-bond acceptors (Lipinski definition) is 4. The molecule has 0 aliphatic carbocycles. The Morgan fingerprint density at radius 1 is 1.16 bits per heavy atom. The van der Waals surface area contributed by atoms with Gasteiger partial charge in [-0.15, -0.1) is 11.3 Å². The Labute approximate surface area is 151 Å². The van der Waals surface area contributed by atoms with E-state index in [-0.39, 0.29) is 11.9 Å². The number of carbonyl (C=O) groups is 1. The molecular weight excluding hydrogens is 332 g/mol. The van der Waals surface area contributed by atoms with Crippen LogP contribution in [0.4, 0.5) is 0 Å². The average molecular weight is 354 g/mol. The highest BCUT2D eigenvalue weighted by molar-refractivity contribution is 7.12. The molecule has 1 amide bonds. The second-order valence-electron chi connectivity index (χ2n) is 6.29. The van der Waals surface area contributed by atoms with Crippen molar-refractivity contribution in [2.75, 3.05) is 0 Å². The Balaban J connectivity index is 1.74. The Kier molecular flexibility index (Phi) is 5.04. The molecular formula is C20H22N2O2S. The van der Waals surface area contributed by atoms with E-state index in [2.05, 4.69) is 41.5 Å². The van der Waals surface area contributed by atoms with E-state index in [1.165, 1.54) is 5.56 Å². The fourth-order valence-electron chi connectivity index (χ4n) is 2.72. The summed E-state index contributed by atoms with van der Waals surface area (Å²) in [6, 6.07) is 11.9. The average Bonchev–Trinajstić information content (AvgIpc) is 3.14. The summed E-state index contributed by atoms with van der Waals surface area (Å²) in [6.07, 6.45) is 0.318. The number of rotatable bonds is 5. The topological polar surface area (TPSA) is 55.1 Å². The Bertz CT molecular complexity index is 877. The zero-order valence-electron chi connectivity index (χ0n) is 14.9. The fourth-order valence-corrected chi connectivity index (χ4v) is 3.68. The van der Waals surface area contributed by atoms with Crippen LogP contribution >= 0.6 is 11.3 Å². The van der Waals surface area contributed by atoms with Crippen molar-refractivity contribution < 1.29 is 9.21 Å². The summed E-state index contributed by atoms with van der Waals surface area (Å²) in [5, 5.41) is 3.97. The first kappa shape index (κ1) is 17.4. The summed E-state index contributed by atoms with van der Waals surface area (Å²) in [7, 11) is 0. The molecule has 0 saturated heterocycles. The summed E-state index contributed by atoms with van der Waals surface area (Å²) in [6.45, 7) is 7.85. The van der Waals surface area contributed by atoms with E-state index in [0.29, 0.717) is 6.42 Å². The van der Waals surface area contributed by atoms with E-state index in [0.717, 1.165) is 32.7 Å². The smallest absolute Gasteiger partial charge is 0.225 e. The molecule has 130 valence electrons. The number of hydrogen-bond donors (Lipinski definition) is 1. The monoisotopic (exact) mass is 354 g/mol. The number of carbonyl (C=O) groups excluding carboxylic acids is 1. The number of amides is 1. The molecule has 3 rings (SSSR count). The third-order valence-electron chi connectivity index (χ3n) is 4.02. The molecule has 2 heterocycles. The van der Waals surface area contributed by atoms with Crippen molar-refractivity contribution >= 4 is 17.2 Å². The molecule has 0 spiro atoms. The highest BCUT2D eigenvalue weighted by Crippen LogP contribution is 2.29. The van der Waals surface area contributed by atoms with E-state index in [9.17, 15) is 4.79 Å². The molecule has 1 atom stereocenters. The minimum absolute atomic E-state index is 0.0291. The molecule has 2 aromatic heterocycles. The number of aromatic nitrogens is 1. The van der Waals surface area contributed by atoms with Gasteiger partial charge in [-0.3, -0.25) is 4.79 Å². The van der Waals surface area contributed by atoms with Crippen LogP contribution in [0, 0.1) is 20.8 Å². The molecule has 0 bridgehead atoms. The largest absolute Gasteiger partial charge is 0.464 e. The Hall–Kier alpha value is -2.40.